The molecule has 0 bridgehead atoms. The number of allylic oxidation sites excluding steroid dienone is 1. The molecule has 0 aliphatic heterocycles. The van der Waals surface area contributed by atoms with E-state index in [1.165, 1.54) is 12.6 Å². The zero-order valence-electron chi connectivity index (χ0n) is 5.67. The number of amides is 1. The Balaban J connectivity index is 3.88. The number of hydrogen-bond donors (Lipinski definition) is 0. The first-order chi connectivity index (χ1) is 4.70. The van der Waals surface area contributed by atoms with Gasteiger partial charge in [0.15, 0.2) is 0 Å². The molecule has 0 saturated carbocycles. The zero-order valence-corrected chi connectivity index (χ0v) is 6.42. The van der Waals surface area contributed by atoms with Gasteiger partial charge in [0.05, 0.1) is 12.8 Å². The minimum atomic E-state index is -0.738. The molecule has 5 heteroatoms. The van der Waals surface area contributed by atoms with E-state index < -0.39 is 6.09 Å². The lowest BCUT2D eigenvalue weighted by Crippen LogP contribution is -1.89. The average molecular weight is 163 g/mol. The number of nitrogens with zero attached hydrogens (tertiary/aromatic N) is 2. The Morgan fingerprint density at radius 1 is 1.60 bits per heavy atom. The molecule has 0 aromatic carbocycles. The van der Waals surface area contributed by atoms with Crippen molar-refractivity contribution in [2.75, 3.05) is 7.11 Å². The maximum absolute atomic E-state index is 10.3. The highest BCUT2D eigenvalue weighted by molar-refractivity contribution is 6.25. The van der Waals surface area contributed by atoms with Gasteiger partial charge in [0, 0.05) is 5.54 Å². The lowest BCUT2D eigenvalue weighted by atomic mass is 10.6. The quantitative estimate of drug-likeness (QED) is 0.556. The fraction of sp³-hybridized carbons (Fsp3) is 0.400. The van der Waals surface area contributed by atoms with E-state index in [9.17, 15) is 4.79 Å². The summed E-state index contributed by atoms with van der Waals surface area (Å²) in [6.07, 6.45) is -0.738. The summed E-state index contributed by atoms with van der Waals surface area (Å²) in [5, 5.41) is 6.52. The van der Waals surface area contributed by atoms with E-state index in [0.717, 1.165) is 0 Å². The number of carbonyl (C=O) groups excluding carboxylic acids is 1. The Hall–Kier alpha value is -0.900. The minimum absolute atomic E-state index is 0.451. The molecule has 0 aliphatic carbocycles. The molecule has 56 valence electrons. The number of methoxy groups -OCH3 is 1. The number of azo groups is 1. The molecule has 0 fully saturated rings. The van der Waals surface area contributed by atoms with Gasteiger partial charge in [-0.05, 0) is 6.92 Å². The van der Waals surface area contributed by atoms with E-state index in [2.05, 4.69) is 15.0 Å². The molecule has 0 radical (unpaired) electrons. The Morgan fingerprint density at radius 3 is 2.60 bits per heavy atom. The molecule has 0 heterocycles. The average Bonchev–Trinajstić information content (AvgIpc) is 1.99. The van der Waals surface area contributed by atoms with Gasteiger partial charge in [0.25, 0.3) is 0 Å². The molecule has 0 N–H and O–H groups in total. The van der Waals surface area contributed by atoms with E-state index >= 15 is 0 Å². The normalized spacial score (nSPS) is 12.1. The van der Waals surface area contributed by atoms with E-state index in [-0.39, 0.29) is 0 Å². The molecule has 0 aromatic rings. The van der Waals surface area contributed by atoms with Crippen LogP contribution >= 0.6 is 11.6 Å². The molecular formula is C5H7ClN2O2. The Kier molecular flexibility index (Phi) is 4.49. The summed E-state index contributed by atoms with van der Waals surface area (Å²) in [5.74, 6) is 0. The third-order valence-electron chi connectivity index (χ3n) is 0.622. The van der Waals surface area contributed by atoms with Crippen LogP contribution in [0.4, 0.5) is 4.79 Å². The number of ether oxygens (including phenoxy) is 1. The van der Waals surface area contributed by atoms with Crippen molar-refractivity contribution < 1.29 is 9.53 Å². The number of rotatable bonds is 1. The van der Waals surface area contributed by atoms with Crippen LogP contribution in [0.5, 0.6) is 0 Å². The van der Waals surface area contributed by atoms with Crippen molar-refractivity contribution in [3.05, 3.63) is 11.2 Å². The van der Waals surface area contributed by atoms with E-state index in [1.54, 1.807) is 6.92 Å². The molecule has 0 atom stereocenters. The van der Waals surface area contributed by atoms with E-state index in [1.807, 2.05) is 0 Å². The fourth-order valence-electron chi connectivity index (χ4n) is 0.182. The van der Waals surface area contributed by atoms with Crippen molar-refractivity contribution in [3.63, 3.8) is 0 Å². The molecule has 0 unspecified atom stereocenters. The van der Waals surface area contributed by atoms with Gasteiger partial charge in [-0.3, -0.25) is 0 Å². The van der Waals surface area contributed by atoms with Crippen LogP contribution in [0.2, 0.25) is 0 Å². The van der Waals surface area contributed by atoms with Gasteiger partial charge >= 0.3 is 6.09 Å². The van der Waals surface area contributed by atoms with Crippen molar-refractivity contribution in [2.24, 2.45) is 10.2 Å². The van der Waals surface area contributed by atoms with Crippen molar-refractivity contribution in [1.82, 2.24) is 0 Å². The zero-order chi connectivity index (χ0) is 7.98. The van der Waals surface area contributed by atoms with Gasteiger partial charge in [0.2, 0.25) is 0 Å². The predicted molar refractivity (Wildman–Crippen MR) is 36.9 cm³/mol. The van der Waals surface area contributed by atoms with Crippen molar-refractivity contribution in [3.8, 4) is 0 Å². The molecule has 0 saturated heterocycles. The van der Waals surface area contributed by atoms with Crippen LogP contribution in [0, 0.1) is 0 Å². The third kappa shape index (κ3) is 4.03. The second kappa shape index (κ2) is 4.93. The highest BCUT2D eigenvalue weighted by Crippen LogP contribution is 1.97. The van der Waals surface area contributed by atoms with Crippen LogP contribution in [-0.4, -0.2) is 13.2 Å². The highest BCUT2D eigenvalue weighted by Gasteiger charge is 1.91. The van der Waals surface area contributed by atoms with Crippen molar-refractivity contribution in [1.29, 1.82) is 0 Å². The second-order valence-electron chi connectivity index (χ2n) is 1.42. The van der Waals surface area contributed by atoms with Crippen molar-refractivity contribution in [2.45, 2.75) is 6.92 Å². The monoisotopic (exact) mass is 162 g/mol. The molecule has 0 aliphatic rings. The summed E-state index contributed by atoms with van der Waals surface area (Å²) < 4.78 is 4.18. The van der Waals surface area contributed by atoms with E-state index in [4.69, 9.17) is 11.6 Å². The Labute approximate surface area is 63.5 Å². The molecule has 0 aromatic heterocycles. The highest BCUT2D eigenvalue weighted by atomic mass is 35.5. The van der Waals surface area contributed by atoms with Gasteiger partial charge in [0.1, 0.15) is 0 Å². The maximum atomic E-state index is 10.3. The van der Waals surface area contributed by atoms with Crippen LogP contribution in [0.25, 0.3) is 0 Å². The maximum Gasteiger partial charge on any atom is 0.452 e. The summed E-state index contributed by atoms with van der Waals surface area (Å²) in [7, 11) is 1.22. The van der Waals surface area contributed by atoms with Gasteiger partial charge in [-0.25, -0.2) is 4.79 Å². The van der Waals surface area contributed by atoms with Crippen LogP contribution in [-0.2, 0) is 4.74 Å². The summed E-state index contributed by atoms with van der Waals surface area (Å²) in [6.45, 7) is 1.61. The molecule has 0 rings (SSSR count). The number of carbonyl (C=O) groups is 1. The SMILES string of the molecule is COC(=O)N=N/C(C)=C/Cl. The van der Waals surface area contributed by atoms with Crippen LogP contribution in [0.1, 0.15) is 6.92 Å². The lowest BCUT2D eigenvalue weighted by molar-refractivity contribution is 0.180. The predicted octanol–water partition coefficient (Wildman–Crippen LogP) is 2.31. The van der Waals surface area contributed by atoms with E-state index in [0.29, 0.717) is 5.70 Å². The second-order valence-corrected chi connectivity index (χ2v) is 1.64. The largest absolute Gasteiger partial charge is 0.452 e. The Morgan fingerprint density at radius 2 is 2.20 bits per heavy atom. The smallest absolute Gasteiger partial charge is 0.450 e. The molecule has 4 nitrogen and oxygen atoms in total. The van der Waals surface area contributed by atoms with Crippen LogP contribution in [0.3, 0.4) is 0 Å². The summed E-state index contributed by atoms with van der Waals surface area (Å²) >= 11 is 5.21. The lowest BCUT2D eigenvalue weighted by Gasteiger charge is -1.86. The summed E-state index contributed by atoms with van der Waals surface area (Å²) in [6, 6.07) is 0. The minimum Gasteiger partial charge on any atom is -0.450 e. The molecule has 1 amide bonds. The van der Waals surface area contributed by atoms with Crippen LogP contribution in [0.15, 0.2) is 21.5 Å². The van der Waals surface area contributed by atoms with Crippen molar-refractivity contribution >= 4 is 17.7 Å². The summed E-state index contributed by atoms with van der Waals surface area (Å²) in [5.41, 5.74) is 1.67. The van der Waals surface area contributed by atoms with Gasteiger partial charge < -0.3 is 4.74 Å². The topological polar surface area (TPSA) is 51.0 Å². The third-order valence-corrected chi connectivity index (χ3v) is 0.938. The molecule has 10 heavy (non-hydrogen) atoms. The standard InChI is InChI=1S/C5H7ClN2O2/c1-4(3-6)7-8-5(9)10-2/h3H,1-2H3/b4-3+,8-7?. The summed E-state index contributed by atoms with van der Waals surface area (Å²) in [4.78, 5) is 10.3. The van der Waals surface area contributed by atoms with Gasteiger partial charge in [-0.2, -0.15) is 0 Å². The first-order valence-electron chi connectivity index (χ1n) is 2.47. The van der Waals surface area contributed by atoms with Crippen LogP contribution < -0.4 is 0 Å². The fourth-order valence-corrected chi connectivity index (χ4v) is 0.226. The van der Waals surface area contributed by atoms with Gasteiger partial charge in [-0.15, -0.1) is 5.11 Å². The first-order valence-corrected chi connectivity index (χ1v) is 2.91. The molecular weight excluding hydrogens is 156 g/mol. The molecule has 0 spiro atoms. The van der Waals surface area contributed by atoms with Gasteiger partial charge in [-0.1, -0.05) is 16.7 Å². The number of halogens is 1. The first kappa shape index (κ1) is 9.10. The number of hydrogen-bond acceptors (Lipinski definition) is 3. The Bertz CT molecular complexity index is 176.